The summed E-state index contributed by atoms with van der Waals surface area (Å²) in [6, 6.07) is 0.258. The lowest BCUT2D eigenvalue weighted by molar-refractivity contribution is -0.114. The average Bonchev–Trinajstić information content (AvgIpc) is 3.22. The molecule has 0 aromatic carbocycles. The van der Waals surface area contributed by atoms with Crippen molar-refractivity contribution >= 4 is 28.3 Å². The second-order valence-electron chi connectivity index (χ2n) is 5.87. The Morgan fingerprint density at radius 3 is 3.04 bits per heavy atom. The molecule has 1 aliphatic rings. The number of thiazole rings is 1. The maximum absolute atomic E-state index is 12.7. The number of nitrogens with zero attached hydrogens (tertiary/aromatic N) is 4. The third kappa shape index (κ3) is 3.48. The number of aromatic nitrogens is 3. The monoisotopic (exact) mass is 347 g/mol. The SMILES string of the molecule is CCc1nccn1[C@H]1CCCN(C(=O)c2csc(NC(C)=O)n2)C1. The quantitative estimate of drug-likeness (QED) is 0.920. The first-order valence-electron chi connectivity index (χ1n) is 8.12. The van der Waals surface area contributed by atoms with Crippen LogP contribution in [0.15, 0.2) is 17.8 Å². The van der Waals surface area contributed by atoms with Gasteiger partial charge in [-0.25, -0.2) is 9.97 Å². The standard InChI is InChI=1S/C16H21N5O2S/c1-3-14-17-6-8-21(14)12-5-4-7-20(9-12)15(23)13-10-24-16(19-13)18-11(2)22/h6,8,10,12H,3-5,7,9H2,1-2H3,(H,18,19,22)/t12-/m0/s1. The Bertz CT molecular complexity index is 738. The molecule has 0 radical (unpaired) electrons. The van der Waals surface area contributed by atoms with Gasteiger partial charge in [-0.15, -0.1) is 11.3 Å². The summed E-state index contributed by atoms with van der Waals surface area (Å²) in [6.45, 7) is 4.91. The molecule has 1 aliphatic heterocycles. The molecular weight excluding hydrogens is 326 g/mol. The minimum atomic E-state index is -0.186. The second-order valence-corrected chi connectivity index (χ2v) is 6.73. The number of aryl methyl sites for hydroxylation is 1. The maximum Gasteiger partial charge on any atom is 0.273 e. The number of carbonyl (C=O) groups excluding carboxylic acids is 2. The van der Waals surface area contributed by atoms with Crippen LogP contribution < -0.4 is 5.32 Å². The lowest BCUT2D eigenvalue weighted by atomic mass is 10.0. The first-order valence-corrected chi connectivity index (χ1v) is 9.00. The minimum absolute atomic E-state index is 0.0780. The fraction of sp³-hybridized carbons (Fsp3) is 0.500. The molecule has 1 saturated heterocycles. The van der Waals surface area contributed by atoms with Gasteiger partial charge in [0.25, 0.3) is 5.91 Å². The van der Waals surface area contributed by atoms with Crippen LogP contribution in [-0.4, -0.2) is 44.3 Å². The van der Waals surface area contributed by atoms with Crippen LogP contribution in [0.4, 0.5) is 5.13 Å². The third-order valence-electron chi connectivity index (χ3n) is 4.15. The number of likely N-dealkylation sites (tertiary alicyclic amines) is 1. The van der Waals surface area contributed by atoms with E-state index in [0.29, 0.717) is 17.4 Å². The number of rotatable bonds is 4. The highest BCUT2D eigenvalue weighted by molar-refractivity contribution is 7.14. The van der Waals surface area contributed by atoms with Gasteiger partial charge in [0.05, 0.1) is 6.04 Å². The molecule has 0 bridgehead atoms. The van der Waals surface area contributed by atoms with Crippen molar-refractivity contribution in [1.29, 1.82) is 0 Å². The van der Waals surface area contributed by atoms with Crippen molar-refractivity contribution in [2.75, 3.05) is 18.4 Å². The molecular formula is C16H21N5O2S. The average molecular weight is 347 g/mol. The molecule has 0 saturated carbocycles. The molecule has 8 heteroatoms. The number of carbonyl (C=O) groups is 2. The van der Waals surface area contributed by atoms with Crippen LogP contribution in [0.2, 0.25) is 0 Å². The lowest BCUT2D eigenvalue weighted by Gasteiger charge is -2.33. The van der Waals surface area contributed by atoms with E-state index < -0.39 is 0 Å². The Balaban J connectivity index is 1.71. The zero-order valence-electron chi connectivity index (χ0n) is 13.9. The van der Waals surface area contributed by atoms with Gasteiger partial charge in [-0.3, -0.25) is 9.59 Å². The van der Waals surface area contributed by atoms with Crippen LogP contribution in [0.3, 0.4) is 0 Å². The molecule has 0 unspecified atom stereocenters. The Morgan fingerprint density at radius 2 is 2.29 bits per heavy atom. The molecule has 2 aromatic heterocycles. The van der Waals surface area contributed by atoms with Crippen molar-refractivity contribution in [3.63, 3.8) is 0 Å². The molecule has 3 rings (SSSR count). The Hall–Kier alpha value is -2.22. The van der Waals surface area contributed by atoms with Crippen LogP contribution in [0.25, 0.3) is 0 Å². The van der Waals surface area contributed by atoms with E-state index in [9.17, 15) is 9.59 Å². The Morgan fingerprint density at radius 1 is 1.46 bits per heavy atom. The van der Waals surface area contributed by atoms with E-state index in [2.05, 4.69) is 26.8 Å². The van der Waals surface area contributed by atoms with Crippen LogP contribution in [-0.2, 0) is 11.2 Å². The van der Waals surface area contributed by atoms with Gasteiger partial charge >= 0.3 is 0 Å². The fourth-order valence-corrected chi connectivity index (χ4v) is 3.79. The van der Waals surface area contributed by atoms with Crippen molar-refractivity contribution in [2.24, 2.45) is 0 Å². The molecule has 0 spiro atoms. The van der Waals surface area contributed by atoms with Crippen molar-refractivity contribution in [3.05, 3.63) is 29.3 Å². The summed E-state index contributed by atoms with van der Waals surface area (Å²) < 4.78 is 2.18. The van der Waals surface area contributed by atoms with Crippen LogP contribution in [0, 0.1) is 0 Å². The Labute approximate surface area is 144 Å². The van der Waals surface area contributed by atoms with Gasteiger partial charge in [-0.05, 0) is 12.8 Å². The predicted octanol–water partition coefficient (Wildman–Crippen LogP) is 2.34. The molecule has 1 atom stereocenters. The van der Waals surface area contributed by atoms with Crippen molar-refractivity contribution in [2.45, 2.75) is 39.2 Å². The highest BCUT2D eigenvalue weighted by atomic mass is 32.1. The molecule has 1 N–H and O–H groups in total. The van der Waals surface area contributed by atoms with E-state index in [0.717, 1.165) is 31.6 Å². The number of piperidine rings is 1. The first kappa shape index (κ1) is 16.6. The number of anilines is 1. The summed E-state index contributed by atoms with van der Waals surface area (Å²) in [4.78, 5) is 34.2. The van der Waals surface area contributed by atoms with Gasteiger partial charge in [0.15, 0.2) is 5.13 Å². The van der Waals surface area contributed by atoms with Crippen molar-refractivity contribution < 1.29 is 9.59 Å². The van der Waals surface area contributed by atoms with Gasteiger partial charge in [0, 0.05) is 44.2 Å². The fourth-order valence-electron chi connectivity index (χ4n) is 3.06. The van der Waals surface area contributed by atoms with Crippen LogP contribution in [0.5, 0.6) is 0 Å². The summed E-state index contributed by atoms with van der Waals surface area (Å²) in [5.74, 6) is 0.787. The van der Waals surface area contributed by atoms with E-state index in [-0.39, 0.29) is 17.9 Å². The van der Waals surface area contributed by atoms with E-state index in [1.807, 2.05) is 17.3 Å². The van der Waals surface area contributed by atoms with E-state index >= 15 is 0 Å². The lowest BCUT2D eigenvalue weighted by Crippen LogP contribution is -2.41. The predicted molar refractivity (Wildman–Crippen MR) is 92.2 cm³/mol. The molecule has 0 aliphatic carbocycles. The third-order valence-corrected chi connectivity index (χ3v) is 4.91. The molecule has 24 heavy (non-hydrogen) atoms. The van der Waals surface area contributed by atoms with Crippen LogP contribution in [0.1, 0.15) is 49.0 Å². The highest BCUT2D eigenvalue weighted by Crippen LogP contribution is 2.25. The smallest absolute Gasteiger partial charge is 0.273 e. The van der Waals surface area contributed by atoms with E-state index in [1.54, 1.807) is 5.38 Å². The van der Waals surface area contributed by atoms with Crippen molar-refractivity contribution in [1.82, 2.24) is 19.4 Å². The topological polar surface area (TPSA) is 80.1 Å². The van der Waals surface area contributed by atoms with Crippen LogP contribution >= 0.6 is 11.3 Å². The summed E-state index contributed by atoms with van der Waals surface area (Å²) in [5.41, 5.74) is 0.394. The molecule has 7 nitrogen and oxygen atoms in total. The van der Waals surface area contributed by atoms with E-state index in [4.69, 9.17) is 0 Å². The maximum atomic E-state index is 12.7. The van der Waals surface area contributed by atoms with Gasteiger partial charge in [-0.1, -0.05) is 6.92 Å². The molecule has 2 aromatic rings. The molecule has 128 valence electrons. The summed E-state index contributed by atoms with van der Waals surface area (Å²) in [7, 11) is 0. The second kappa shape index (κ2) is 7.12. The first-order chi connectivity index (χ1) is 11.6. The number of imidazole rings is 1. The number of hydrogen-bond donors (Lipinski definition) is 1. The summed E-state index contributed by atoms with van der Waals surface area (Å²) in [5, 5.41) is 4.78. The summed E-state index contributed by atoms with van der Waals surface area (Å²) in [6.07, 6.45) is 6.69. The number of nitrogens with one attached hydrogen (secondary N) is 1. The molecule has 1 fully saturated rings. The van der Waals surface area contributed by atoms with Gasteiger partial charge in [-0.2, -0.15) is 0 Å². The molecule has 2 amide bonds. The number of amides is 2. The van der Waals surface area contributed by atoms with Gasteiger partial charge < -0.3 is 14.8 Å². The van der Waals surface area contributed by atoms with E-state index in [1.165, 1.54) is 18.3 Å². The molecule has 3 heterocycles. The summed E-state index contributed by atoms with van der Waals surface area (Å²) >= 11 is 1.27. The normalized spacial score (nSPS) is 17.8. The highest BCUT2D eigenvalue weighted by Gasteiger charge is 2.27. The van der Waals surface area contributed by atoms with Gasteiger partial charge in [0.2, 0.25) is 5.91 Å². The minimum Gasteiger partial charge on any atom is -0.335 e. The largest absolute Gasteiger partial charge is 0.335 e. The van der Waals surface area contributed by atoms with Gasteiger partial charge in [0.1, 0.15) is 11.5 Å². The zero-order chi connectivity index (χ0) is 17.1. The zero-order valence-corrected chi connectivity index (χ0v) is 14.7. The number of hydrogen-bond acceptors (Lipinski definition) is 5. The van der Waals surface area contributed by atoms with Crippen molar-refractivity contribution in [3.8, 4) is 0 Å². The Kier molecular flexibility index (Phi) is 4.94.